The minimum absolute atomic E-state index is 0.782. The molecule has 54 valence electrons. The van der Waals surface area contributed by atoms with Crippen LogP contribution >= 0.6 is 15.9 Å². The van der Waals surface area contributed by atoms with E-state index in [1.165, 1.54) is 13.0 Å². The quantitative estimate of drug-likeness (QED) is 0.572. The summed E-state index contributed by atoms with van der Waals surface area (Å²) in [5, 5.41) is 1.13. The van der Waals surface area contributed by atoms with Gasteiger partial charge >= 0.3 is 0 Å². The summed E-state index contributed by atoms with van der Waals surface area (Å²) in [6.07, 6.45) is 1.37. The summed E-state index contributed by atoms with van der Waals surface area (Å²) in [7, 11) is 2.20. The fraction of sp³-hybridized carbons (Fsp3) is 1.00. The van der Waals surface area contributed by atoms with E-state index in [0.29, 0.717) is 0 Å². The summed E-state index contributed by atoms with van der Waals surface area (Å²) >= 11 is 3.52. The molecule has 1 aliphatic rings. The van der Waals surface area contributed by atoms with Gasteiger partial charge in [0.1, 0.15) is 0 Å². The molecule has 1 heterocycles. The number of hydrogen-bond acceptors (Lipinski definition) is 1. The summed E-state index contributed by atoms with van der Waals surface area (Å²) < 4.78 is 0. The SMILES string of the molecule is CC1CCN(C)C1CBr. The molecule has 0 bridgehead atoms. The fourth-order valence-corrected chi connectivity index (χ4v) is 2.60. The molecule has 2 heteroatoms. The van der Waals surface area contributed by atoms with Crippen LogP contribution in [0.25, 0.3) is 0 Å². The molecule has 1 nitrogen and oxygen atoms in total. The zero-order valence-corrected chi connectivity index (χ0v) is 7.69. The molecule has 0 N–H and O–H groups in total. The van der Waals surface area contributed by atoms with Crippen LogP contribution in [-0.4, -0.2) is 29.9 Å². The lowest BCUT2D eigenvalue weighted by Crippen LogP contribution is -2.29. The summed E-state index contributed by atoms with van der Waals surface area (Å²) in [6, 6.07) is 0.782. The Labute approximate surface area is 65.6 Å². The first kappa shape index (κ1) is 7.55. The van der Waals surface area contributed by atoms with E-state index in [2.05, 4.69) is 34.8 Å². The molecule has 0 aromatic heterocycles. The van der Waals surface area contributed by atoms with E-state index in [9.17, 15) is 0 Å². The molecule has 0 spiro atoms. The van der Waals surface area contributed by atoms with Crippen molar-refractivity contribution in [3.05, 3.63) is 0 Å². The molecule has 2 atom stereocenters. The Morgan fingerprint density at radius 3 is 2.56 bits per heavy atom. The van der Waals surface area contributed by atoms with Gasteiger partial charge in [-0.05, 0) is 25.9 Å². The highest BCUT2D eigenvalue weighted by atomic mass is 79.9. The third-order valence-electron chi connectivity index (χ3n) is 2.32. The topological polar surface area (TPSA) is 3.24 Å². The van der Waals surface area contributed by atoms with Gasteiger partial charge in [0.05, 0.1) is 0 Å². The maximum atomic E-state index is 3.52. The van der Waals surface area contributed by atoms with Crippen molar-refractivity contribution in [2.24, 2.45) is 5.92 Å². The predicted octanol–water partition coefficient (Wildman–Crippen LogP) is 1.72. The van der Waals surface area contributed by atoms with Crippen molar-refractivity contribution < 1.29 is 0 Å². The normalized spacial score (nSPS) is 37.7. The Kier molecular flexibility index (Phi) is 2.53. The average molecular weight is 192 g/mol. The molecule has 0 amide bonds. The standard InChI is InChI=1S/C7H14BrN/c1-6-3-4-9(2)7(6)5-8/h6-7H,3-5H2,1-2H3. The van der Waals surface area contributed by atoms with Crippen LogP contribution in [0.5, 0.6) is 0 Å². The number of nitrogens with zero attached hydrogens (tertiary/aromatic N) is 1. The van der Waals surface area contributed by atoms with Crippen molar-refractivity contribution >= 4 is 15.9 Å². The van der Waals surface area contributed by atoms with Crippen LogP contribution in [0.3, 0.4) is 0 Å². The molecule has 0 saturated carbocycles. The third-order valence-corrected chi connectivity index (χ3v) is 2.98. The third kappa shape index (κ3) is 1.47. The maximum Gasteiger partial charge on any atom is 0.0215 e. The van der Waals surface area contributed by atoms with Crippen LogP contribution < -0.4 is 0 Å². The Hall–Kier alpha value is 0.440. The van der Waals surface area contributed by atoms with E-state index >= 15 is 0 Å². The lowest BCUT2D eigenvalue weighted by Gasteiger charge is -2.19. The van der Waals surface area contributed by atoms with Gasteiger partial charge in [-0.25, -0.2) is 0 Å². The second kappa shape index (κ2) is 3.02. The van der Waals surface area contributed by atoms with Crippen LogP contribution in [0, 0.1) is 5.92 Å². The molecule has 1 aliphatic heterocycles. The van der Waals surface area contributed by atoms with Gasteiger partial charge in [0.2, 0.25) is 0 Å². The largest absolute Gasteiger partial charge is 0.302 e. The zero-order valence-electron chi connectivity index (χ0n) is 6.10. The van der Waals surface area contributed by atoms with Crippen molar-refractivity contribution in [3.8, 4) is 0 Å². The van der Waals surface area contributed by atoms with Crippen LogP contribution in [0.2, 0.25) is 0 Å². The van der Waals surface area contributed by atoms with E-state index in [1.54, 1.807) is 0 Å². The van der Waals surface area contributed by atoms with Gasteiger partial charge in [-0.15, -0.1) is 0 Å². The van der Waals surface area contributed by atoms with E-state index in [-0.39, 0.29) is 0 Å². The first-order valence-corrected chi connectivity index (χ1v) is 4.64. The lowest BCUT2D eigenvalue weighted by molar-refractivity contribution is 0.307. The molecular formula is C7H14BrN. The summed E-state index contributed by atoms with van der Waals surface area (Å²) in [6.45, 7) is 3.60. The van der Waals surface area contributed by atoms with Crippen molar-refractivity contribution in [1.29, 1.82) is 0 Å². The van der Waals surface area contributed by atoms with Gasteiger partial charge in [-0.3, -0.25) is 0 Å². The van der Waals surface area contributed by atoms with Gasteiger partial charge in [-0.2, -0.15) is 0 Å². The Morgan fingerprint density at radius 2 is 2.33 bits per heavy atom. The fourth-order valence-electron chi connectivity index (χ4n) is 1.47. The second-order valence-electron chi connectivity index (χ2n) is 2.97. The van der Waals surface area contributed by atoms with Gasteiger partial charge in [0.25, 0.3) is 0 Å². The van der Waals surface area contributed by atoms with E-state index in [1.807, 2.05) is 0 Å². The van der Waals surface area contributed by atoms with Gasteiger partial charge in [-0.1, -0.05) is 22.9 Å². The molecular weight excluding hydrogens is 178 g/mol. The van der Waals surface area contributed by atoms with Crippen molar-refractivity contribution in [1.82, 2.24) is 4.90 Å². The Morgan fingerprint density at radius 1 is 1.67 bits per heavy atom. The van der Waals surface area contributed by atoms with Crippen LogP contribution in [0.15, 0.2) is 0 Å². The summed E-state index contributed by atoms with van der Waals surface area (Å²) in [4.78, 5) is 2.43. The summed E-state index contributed by atoms with van der Waals surface area (Å²) in [5.41, 5.74) is 0. The number of rotatable bonds is 1. The Balaban J connectivity index is 2.44. The highest BCUT2D eigenvalue weighted by molar-refractivity contribution is 9.09. The molecule has 0 aliphatic carbocycles. The van der Waals surface area contributed by atoms with Crippen LogP contribution in [0.1, 0.15) is 13.3 Å². The van der Waals surface area contributed by atoms with Gasteiger partial charge in [0.15, 0.2) is 0 Å². The highest BCUT2D eigenvalue weighted by Gasteiger charge is 2.26. The molecule has 2 unspecified atom stereocenters. The molecule has 0 radical (unpaired) electrons. The molecule has 1 fully saturated rings. The van der Waals surface area contributed by atoms with E-state index < -0.39 is 0 Å². The first-order chi connectivity index (χ1) is 4.25. The number of halogens is 1. The van der Waals surface area contributed by atoms with Gasteiger partial charge in [0, 0.05) is 11.4 Å². The maximum absolute atomic E-state index is 3.52. The zero-order chi connectivity index (χ0) is 6.85. The second-order valence-corrected chi connectivity index (χ2v) is 3.62. The highest BCUT2D eigenvalue weighted by Crippen LogP contribution is 2.22. The molecule has 9 heavy (non-hydrogen) atoms. The predicted molar refractivity (Wildman–Crippen MR) is 44.0 cm³/mol. The minimum Gasteiger partial charge on any atom is -0.302 e. The molecule has 0 aromatic rings. The smallest absolute Gasteiger partial charge is 0.0215 e. The number of hydrogen-bond donors (Lipinski definition) is 0. The monoisotopic (exact) mass is 191 g/mol. The van der Waals surface area contributed by atoms with Crippen molar-refractivity contribution in [3.63, 3.8) is 0 Å². The van der Waals surface area contributed by atoms with Crippen LogP contribution in [-0.2, 0) is 0 Å². The van der Waals surface area contributed by atoms with Crippen LogP contribution in [0.4, 0.5) is 0 Å². The molecule has 1 rings (SSSR count). The first-order valence-electron chi connectivity index (χ1n) is 3.52. The van der Waals surface area contributed by atoms with E-state index in [0.717, 1.165) is 17.3 Å². The van der Waals surface area contributed by atoms with Gasteiger partial charge < -0.3 is 4.90 Å². The number of alkyl halides is 1. The summed E-state index contributed by atoms with van der Waals surface area (Å²) in [5.74, 6) is 0.884. The number of likely N-dealkylation sites (tertiary alicyclic amines) is 1. The lowest BCUT2D eigenvalue weighted by atomic mass is 10.1. The average Bonchev–Trinajstić information content (AvgIpc) is 2.12. The van der Waals surface area contributed by atoms with Crippen molar-refractivity contribution in [2.75, 3.05) is 18.9 Å². The Bertz CT molecular complexity index is 84.9. The molecule has 1 saturated heterocycles. The molecule has 0 aromatic carbocycles. The van der Waals surface area contributed by atoms with E-state index in [4.69, 9.17) is 0 Å². The van der Waals surface area contributed by atoms with Crippen molar-refractivity contribution in [2.45, 2.75) is 19.4 Å². The minimum atomic E-state index is 0.782.